The number of rotatable bonds is 3. The molecule has 1 aliphatic rings. The van der Waals surface area contributed by atoms with Crippen molar-refractivity contribution >= 4 is 0 Å². The number of benzene rings is 1. The molecular formula is C18H20N6O. The fraction of sp³-hybridized carbons (Fsp3) is 0.333. The summed E-state index contributed by atoms with van der Waals surface area (Å²) in [6.07, 6.45) is 2.80. The van der Waals surface area contributed by atoms with Crippen molar-refractivity contribution in [3.63, 3.8) is 0 Å². The Morgan fingerprint density at radius 2 is 2.00 bits per heavy atom. The van der Waals surface area contributed by atoms with Gasteiger partial charge in [-0.05, 0) is 24.6 Å². The van der Waals surface area contributed by atoms with E-state index in [0.29, 0.717) is 6.54 Å². The zero-order valence-corrected chi connectivity index (χ0v) is 14.3. The van der Waals surface area contributed by atoms with Crippen LogP contribution >= 0.6 is 0 Å². The molecule has 0 aliphatic carbocycles. The molecule has 0 fully saturated rings. The van der Waals surface area contributed by atoms with Gasteiger partial charge >= 0.3 is 0 Å². The summed E-state index contributed by atoms with van der Waals surface area (Å²) in [6, 6.07) is 11.8. The van der Waals surface area contributed by atoms with Crippen LogP contribution in [0.15, 0.2) is 47.4 Å². The van der Waals surface area contributed by atoms with Crippen molar-refractivity contribution in [2.45, 2.75) is 25.9 Å². The molecule has 0 saturated carbocycles. The average Bonchev–Trinajstić information content (AvgIpc) is 3.12. The van der Waals surface area contributed by atoms with Crippen molar-refractivity contribution in [2.75, 3.05) is 6.54 Å². The predicted molar refractivity (Wildman–Crippen MR) is 93.4 cm³/mol. The molecule has 3 heterocycles. The van der Waals surface area contributed by atoms with Gasteiger partial charge in [0, 0.05) is 32.6 Å². The van der Waals surface area contributed by atoms with Crippen LogP contribution in [-0.4, -0.2) is 36.2 Å². The lowest BCUT2D eigenvalue weighted by atomic mass is 10.0. The van der Waals surface area contributed by atoms with Crippen molar-refractivity contribution in [3.05, 3.63) is 69.9 Å². The van der Waals surface area contributed by atoms with Crippen molar-refractivity contribution in [1.29, 1.82) is 0 Å². The van der Waals surface area contributed by atoms with E-state index in [9.17, 15) is 4.79 Å². The maximum Gasteiger partial charge on any atom is 0.266 e. The summed E-state index contributed by atoms with van der Waals surface area (Å²) in [5, 5.41) is 13.0. The van der Waals surface area contributed by atoms with Crippen LogP contribution in [0.1, 0.15) is 29.9 Å². The Morgan fingerprint density at radius 3 is 2.80 bits per heavy atom. The SMILES string of the molecule is CC(c1cn(-c2ccccc2)nn1)N1CCc2nn(C)c(=O)cc2C1. The highest BCUT2D eigenvalue weighted by Crippen LogP contribution is 2.25. The summed E-state index contributed by atoms with van der Waals surface area (Å²) in [5.41, 5.74) is 3.87. The van der Waals surface area contributed by atoms with Gasteiger partial charge in [0.25, 0.3) is 5.56 Å². The van der Waals surface area contributed by atoms with Crippen LogP contribution in [0, 0.1) is 0 Å². The molecule has 128 valence electrons. The Bertz CT molecular complexity index is 946. The molecule has 1 aromatic carbocycles. The Morgan fingerprint density at radius 1 is 1.20 bits per heavy atom. The van der Waals surface area contributed by atoms with Gasteiger partial charge in [0.2, 0.25) is 0 Å². The van der Waals surface area contributed by atoms with Gasteiger partial charge in [0.15, 0.2) is 0 Å². The van der Waals surface area contributed by atoms with E-state index >= 15 is 0 Å². The molecule has 0 N–H and O–H groups in total. The fourth-order valence-electron chi connectivity index (χ4n) is 3.21. The third-order valence-corrected chi connectivity index (χ3v) is 4.77. The summed E-state index contributed by atoms with van der Waals surface area (Å²) in [5.74, 6) is 0. The summed E-state index contributed by atoms with van der Waals surface area (Å²) >= 11 is 0. The molecule has 3 aromatic rings. The number of aryl methyl sites for hydroxylation is 1. The first-order valence-corrected chi connectivity index (χ1v) is 8.39. The zero-order valence-electron chi connectivity index (χ0n) is 14.3. The van der Waals surface area contributed by atoms with Gasteiger partial charge in [-0.25, -0.2) is 9.36 Å². The van der Waals surface area contributed by atoms with E-state index in [1.165, 1.54) is 4.68 Å². The molecule has 1 atom stereocenters. The molecule has 25 heavy (non-hydrogen) atoms. The normalized spacial score (nSPS) is 15.8. The summed E-state index contributed by atoms with van der Waals surface area (Å²) in [6.45, 7) is 3.72. The first-order chi connectivity index (χ1) is 12.1. The van der Waals surface area contributed by atoms with Crippen LogP contribution < -0.4 is 5.56 Å². The molecule has 0 amide bonds. The third-order valence-electron chi connectivity index (χ3n) is 4.77. The van der Waals surface area contributed by atoms with Gasteiger partial charge in [0.05, 0.1) is 23.6 Å². The van der Waals surface area contributed by atoms with Gasteiger partial charge in [-0.15, -0.1) is 5.10 Å². The molecule has 7 nitrogen and oxygen atoms in total. The van der Waals surface area contributed by atoms with E-state index in [1.54, 1.807) is 17.8 Å². The van der Waals surface area contributed by atoms with Crippen molar-refractivity contribution in [1.82, 2.24) is 29.7 Å². The second kappa shape index (κ2) is 6.25. The van der Waals surface area contributed by atoms with Gasteiger partial charge in [-0.1, -0.05) is 23.4 Å². The monoisotopic (exact) mass is 336 g/mol. The first kappa shape index (κ1) is 15.7. The molecule has 0 bridgehead atoms. The van der Waals surface area contributed by atoms with Crippen LogP contribution in [0.5, 0.6) is 0 Å². The lowest BCUT2D eigenvalue weighted by Crippen LogP contribution is -2.36. The molecule has 0 saturated heterocycles. The second-order valence-corrected chi connectivity index (χ2v) is 6.40. The van der Waals surface area contributed by atoms with Gasteiger partial charge in [-0.3, -0.25) is 9.69 Å². The number of fused-ring (bicyclic) bond motifs is 1. The zero-order chi connectivity index (χ0) is 17.4. The van der Waals surface area contributed by atoms with Gasteiger partial charge in [-0.2, -0.15) is 5.10 Å². The molecular weight excluding hydrogens is 316 g/mol. The lowest BCUT2D eigenvalue weighted by molar-refractivity contribution is 0.186. The summed E-state index contributed by atoms with van der Waals surface area (Å²) in [4.78, 5) is 14.2. The van der Waals surface area contributed by atoms with Crippen LogP contribution in [0.25, 0.3) is 5.69 Å². The van der Waals surface area contributed by atoms with E-state index in [4.69, 9.17) is 0 Å². The first-order valence-electron chi connectivity index (χ1n) is 8.39. The van der Waals surface area contributed by atoms with E-state index in [1.807, 2.05) is 36.5 Å². The van der Waals surface area contributed by atoms with Crippen molar-refractivity contribution in [3.8, 4) is 5.69 Å². The molecule has 1 aliphatic heterocycles. The Balaban J connectivity index is 1.56. The number of para-hydroxylation sites is 1. The minimum absolute atomic E-state index is 0.0664. The highest BCUT2D eigenvalue weighted by molar-refractivity contribution is 5.30. The highest BCUT2D eigenvalue weighted by Gasteiger charge is 2.25. The molecule has 0 spiro atoms. The molecule has 4 rings (SSSR count). The molecule has 7 heteroatoms. The topological polar surface area (TPSA) is 68.8 Å². The van der Waals surface area contributed by atoms with Gasteiger partial charge < -0.3 is 0 Å². The van der Waals surface area contributed by atoms with Crippen LogP contribution in [0.2, 0.25) is 0 Å². The lowest BCUT2D eigenvalue weighted by Gasteiger charge is -2.32. The number of nitrogens with zero attached hydrogens (tertiary/aromatic N) is 6. The number of hydrogen-bond donors (Lipinski definition) is 0. The smallest absolute Gasteiger partial charge is 0.266 e. The minimum atomic E-state index is -0.0664. The van der Waals surface area contributed by atoms with E-state index < -0.39 is 0 Å². The minimum Gasteiger partial charge on any atom is -0.290 e. The van der Waals surface area contributed by atoms with Crippen LogP contribution in [0.4, 0.5) is 0 Å². The quantitative estimate of drug-likeness (QED) is 0.725. The number of hydrogen-bond acceptors (Lipinski definition) is 5. The predicted octanol–water partition coefficient (Wildman–Crippen LogP) is 1.48. The number of aromatic nitrogens is 5. The van der Waals surface area contributed by atoms with Crippen molar-refractivity contribution in [2.24, 2.45) is 7.05 Å². The Kier molecular flexibility index (Phi) is 3.93. The average molecular weight is 336 g/mol. The Hall–Kier alpha value is -2.80. The maximum atomic E-state index is 11.9. The van der Waals surface area contributed by atoms with Crippen molar-refractivity contribution < 1.29 is 0 Å². The van der Waals surface area contributed by atoms with Crippen LogP contribution in [-0.2, 0) is 20.0 Å². The standard InChI is InChI=1S/C18H20N6O/c1-13(17-12-24(21-19-17)15-6-4-3-5-7-15)23-9-8-16-14(11-23)10-18(25)22(2)20-16/h3-7,10,12-13H,8-9,11H2,1-2H3. The summed E-state index contributed by atoms with van der Waals surface area (Å²) < 4.78 is 3.20. The van der Waals surface area contributed by atoms with Gasteiger partial charge in [0.1, 0.15) is 5.69 Å². The molecule has 0 radical (unpaired) electrons. The largest absolute Gasteiger partial charge is 0.290 e. The maximum absolute atomic E-state index is 11.9. The molecule has 1 unspecified atom stereocenters. The summed E-state index contributed by atoms with van der Waals surface area (Å²) in [7, 11) is 1.69. The van der Waals surface area contributed by atoms with Crippen LogP contribution in [0.3, 0.4) is 0 Å². The van der Waals surface area contributed by atoms with E-state index in [0.717, 1.165) is 35.6 Å². The third kappa shape index (κ3) is 2.98. The van der Waals surface area contributed by atoms with E-state index in [-0.39, 0.29) is 11.6 Å². The second-order valence-electron chi connectivity index (χ2n) is 6.40. The van der Waals surface area contributed by atoms with E-state index in [2.05, 4.69) is 27.2 Å². The Labute approximate surface area is 145 Å². The highest BCUT2D eigenvalue weighted by atomic mass is 16.1. The fourth-order valence-corrected chi connectivity index (χ4v) is 3.21. The molecule has 2 aromatic heterocycles.